The Balaban J connectivity index is 2.72. The van der Waals surface area contributed by atoms with Crippen LogP contribution in [0.4, 0.5) is 5.69 Å². The monoisotopic (exact) mass is 314 g/mol. The lowest BCUT2D eigenvalue weighted by Gasteiger charge is -2.21. The molecular formula is C14H19ClN2O4. The molecule has 21 heavy (non-hydrogen) atoms. The minimum Gasteiger partial charge on any atom is -0.396 e. The van der Waals surface area contributed by atoms with E-state index in [1.807, 2.05) is 13.8 Å². The van der Waals surface area contributed by atoms with Crippen LogP contribution in [-0.2, 0) is 11.2 Å². The number of benzene rings is 1. The van der Waals surface area contributed by atoms with Gasteiger partial charge in [0.05, 0.1) is 16.4 Å². The Bertz CT molecular complexity index is 520. The first-order valence-corrected chi connectivity index (χ1v) is 7.06. The van der Waals surface area contributed by atoms with Crippen molar-refractivity contribution >= 4 is 23.2 Å². The molecule has 0 fully saturated rings. The number of nitrogens with zero attached hydrogens (tertiary/aromatic N) is 1. The van der Waals surface area contributed by atoms with Crippen molar-refractivity contribution in [3.63, 3.8) is 0 Å². The molecule has 0 heterocycles. The second kappa shape index (κ2) is 7.95. The third-order valence-electron chi connectivity index (χ3n) is 3.19. The fraction of sp³-hybridized carbons (Fsp3) is 0.500. The van der Waals surface area contributed by atoms with Crippen molar-refractivity contribution in [1.82, 2.24) is 5.32 Å². The molecule has 116 valence electrons. The molecule has 1 atom stereocenters. The molecule has 0 saturated heterocycles. The van der Waals surface area contributed by atoms with E-state index in [0.29, 0.717) is 12.0 Å². The summed E-state index contributed by atoms with van der Waals surface area (Å²) in [5, 5.41) is 22.6. The predicted octanol–water partition coefficient (Wildman–Crippen LogP) is 2.31. The van der Waals surface area contributed by atoms with E-state index in [2.05, 4.69) is 5.32 Å². The second-order valence-electron chi connectivity index (χ2n) is 5.14. The van der Waals surface area contributed by atoms with Gasteiger partial charge in [0.1, 0.15) is 0 Å². The summed E-state index contributed by atoms with van der Waals surface area (Å²) in [4.78, 5) is 22.1. The number of carbonyl (C=O) groups excluding carboxylic acids is 1. The molecule has 0 aromatic heterocycles. The van der Waals surface area contributed by atoms with Crippen LogP contribution in [-0.4, -0.2) is 28.6 Å². The van der Waals surface area contributed by atoms with Gasteiger partial charge in [-0.3, -0.25) is 14.9 Å². The Hall–Kier alpha value is -1.66. The molecule has 0 saturated carbocycles. The number of nitrogens with one attached hydrogen (secondary N) is 1. The number of aliphatic hydroxyl groups excluding tert-OH is 1. The minimum absolute atomic E-state index is 0.00140. The molecule has 1 aromatic rings. The zero-order valence-electron chi connectivity index (χ0n) is 12.0. The lowest BCUT2D eigenvalue weighted by Crippen LogP contribution is -2.40. The maximum atomic E-state index is 12.0. The first kappa shape index (κ1) is 17.4. The van der Waals surface area contributed by atoms with E-state index >= 15 is 0 Å². The van der Waals surface area contributed by atoms with Crippen LogP contribution < -0.4 is 5.32 Å². The van der Waals surface area contributed by atoms with Gasteiger partial charge in [0.2, 0.25) is 5.91 Å². The average molecular weight is 315 g/mol. The van der Waals surface area contributed by atoms with Crippen molar-refractivity contribution in [2.24, 2.45) is 5.92 Å². The van der Waals surface area contributed by atoms with Crippen LogP contribution in [0.1, 0.15) is 25.8 Å². The lowest BCUT2D eigenvalue weighted by molar-refractivity contribution is -0.384. The summed E-state index contributed by atoms with van der Waals surface area (Å²) in [6, 6.07) is 3.93. The quantitative estimate of drug-likeness (QED) is 0.596. The number of hydrogen-bond acceptors (Lipinski definition) is 4. The first-order valence-electron chi connectivity index (χ1n) is 6.68. The van der Waals surface area contributed by atoms with Gasteiger partial charge < -0.3 is 10.4 Å². The first-order chi connectivity index (χ1) is 9.85. The maximum Gasteiger partial charge on any atom is 0.270 e. The van der Waals surface area contributed by atoms with E-state index in [0.717, 1.165) is 0 Å². The summed E-state index contributed by atoms with van der Waals surface area (Å²) in [6.07, 6.45) is 0.531. The van der Waals surface area contributed by atoms with E-state index in [4.69, 9.17) is 16.7 Å². The molecule has 1 rings (SSSR count). The highest BCUT2D eigenvalue weighted by Gasteiger charge is 2.17. The highest BCUT2D eigenvalue weighted by molar-refractivity contribution is 6.31. The number of amides is 1. The van der Waals surface area contributed by atoms with Crippen molar-refractivity contribution in [2.45, 2.75) is 32.7 Å². The Labute approximate surface area is 128 Å². The largest absolute Gasteiger partial charge is 0.396 e. The maximum absolute atomic E-state index is 12.0. The molecule has 6 nitrogen and oxygen atoms in total. The van der Waals surface area contributed by atoms with Gasteiger partial charge >= 0.3 is 0 Å². The Kier molecular flexibility index (Phi) is 6.58. The van der Waals surface area contributed by atoms with Gasteiger partial charge in [-0.2, -0.15) is 0 Å². The summed E-state index contributed by atoms with van der Waals surface area (Å²) in [5.41, 5.74) is 0.427. The van der Waals surface area contributed by atoms with E-state index < -0.39 is 4.92 Å². The van der Waals surface area contributed by atoms with Gasteiger partial charge in [0.25, 0.3) is 5.69 Å². The number of carbonyl (C=O) groups is 1. The van der Waals surface area contributed by atoms with Crippen LogP contribution in [0, 0.1) is 16.0 Å². The van der Waals surface area contributed by atoms with Gasteiger partial charge in [-0.1, -0.05) is 31.5 Å². The Morgan fingerprint density at radius 1 is 1.48 bits per heavy atom. The van der Waals surface area contributed by atoms with Gasteiger partial charge in [-0.15, -0.1) is 0 Å². The van der Waals surface area contributed by atoms with E-state index in [1.165, 1.54) is 18.2 Å². The molecule has 0 aliphatic carbocycles. The zero-order chi connectivity index (χ0) is 16.0. The van der Waals surface area contributed by atoms with Crippen molar-refractivity contribution in [3.8, 4) is 0 Å². The third-order valence-corrected chi connectivity index (χ3v) is 3.54. The van der Waals surface area contributed by atoms with E-state index in [-0.39, 0.29) is 41.6 Å². The molecule has 2 N–H and O–H groups in total. The van der Waals surface area contributed by atoms with E-state index in [1.54, 1.807) is 0 Å². The summed E-state index contributed by atoms with van der Waals surface area (Å²) in [7, 11) is 0. The number of nitro groups is 1. The van der Waals surface area contributed by atoms with Gasteiger partial charge in [0.15, 0.2) is 0 Å². The van der Waals surface area contributed by atoms with Crippen molar-refractivity contribution in [1.29, 1.82) is 0 Å². The third kappa shape index (κ3) is 5.32. The molecule has 1 amide bonds. The summed E-state index contributed by atoms with van der Waals surface area (Å²) < 4.78 is 0. The SMILES string of the molecule is CC(C)C(CCO)NC(=O)Cc1ccc([N+](=O)[O-])cc1Cl. The number of halogens is 1. The minimum atomic E-state index is -0.536. The topological polar surface area (TPSA) is 92.5 Å². The predicted molar refractivity (Wildman–Crippen MR) is 80.3 cm³/mol. The molecule has 0 bridgehead atoms. The average Bonchev–Trinajstić information content (AvgIpc) is 2.40. The molecule has 0 spiro atoms. The van der Waals surface area contributed by atoms with Crippen LogP contribution in [0.3, 0.4) is 0 Å². The Morgan fingerprint density at radius 2 is 2.14 bits per heavy atom. The molecule has 0 radical (unpaired) electrons. The number of nitro benzene ring substituents is 1. The van der Waals surface area contributed by atoms with Crippen LogP contribution in [0.5, 0.6) is 0 Å². The smallest absolute Gasteiger partial charge is 0.270 e. The molecule has 1 aromatic carbocycles. The highest BCUT2D eigenvalue weighted by Crippen LogP contribution is 2.23. The summed E-state index contributed by atoms with van der Waals surface area (Å²) in [5.74, 6) is -0.0219. The molecule has 0 aliphatic heterocycles. The Morgan fingerprint density at radius 3 is 2.62 bits per heavy atom. The summed E-state index contributed by atoms with van der Waals surface area (Å²) in [6.45, 7) is 3.92. The van der Waals surface area contributed by atoms with Gasteiger partial charge in [-0.05, 0) is 17.9 Å². The second-order valence-corrected chi connectivity index (χ2v) is 5.55. The normalized spacial score (nSPS) is 12.2. The van der Waals surface area contributed by atoms with Gasteiger partial charge in [-0.25, -0.2) is 0 Å². The lowest BCUT2D eigenvalue weighted by atomic mass is 10.0. The number of non-ortho nitro benzene ring substituents is 1. The standard InChI is InChI=1S/C14H19ClN2O4/c1-9(2)13(5-6-18)16-14(19)7-10-3-4-11(17(20)21)8-12(10)15/h3-4,8-9,13,18H,5-7H2,1-2H3,(H,16,19). The van der Waals surface area contributed by atoms with Gasteiger partial charge in [0, 0.05) is 24.8 Å². The van der Waals surface area contributed by atoms with Crippen LogP contribution in [0.25, 0.3) is 0 Å². The fourth-order valence-electron chi connectivity index (χ4n) is 1.94. The number of rotatable bonds is 7. The molecular weight excluding hydrogens is 296 g/mol. The van der Waals surface area contributed by atoms with Crippen molar-refractivity contribution in [3.05, 3.63) is 38.9 Å². The van der Waals surface area contributed by atoms with Crippen LogP contribution >= 0.6 is 11.6 Å². The highest BCUT2D eigenvalue weighted by atomic mass is 35.5. The fourth-order valence-corrected chi connectivity index (χ4v) is 2.18. The van der Waals surface area contributed by atoms with Crippen molar-refractivity contribution in [2.75, 3.05) is 6.61 Å². The number of aliphatic hydroxyl groups is 1. The zero-order valence-corrected chi connectivity index (χ0v) is 12.8. The molecule has 1 unspecified atom stereocenters. The summed E-state index contributed by atoms with van der Waals surface area (Å²) >= 11 is 5.95. The molecule has 7 heteroatoms. The molecule has 0 aliphatic rings. The van der Waals surface area contributed by atoms with Crippen molar-refractivity contribution < 1.29 is 14.8 Å². The van der Waals surface area contributed by atoms with E-state index in [9.17, 15) is 14.9 Å². The van der Waals surface area contributed by atoms with Crippen LogP contribution in [0.15, 0.2) is 18.2 Å². The van der Waals surface area contributed by atoms with Crippen LogP contribution in [0.2, 0.25) is 5.02 Å². The number of hydrogen-bond donors (Lipinski definition) is 2.